The molecule has 5 aromatic rings. The monoisotopic (exact) mass is 1250 g/mol. The number of aliphatic imine (C=N–C) groups is 2. The number of ether oxygens (including phenoxy) is 6. The van der Waals surface area contributed by atoms with Gasteiger partial charge in [0.15, 0.2) is 11.1 Å². The van der Waals surface area contributed by atoms with E-state index >= 15 is 0 Å². The highest BCUT2D eigenvalue weighted by Gasteiger charge is 2.51. The lowest BCUT2D eigenvalue weighted by Crippen LogP contribution is -2.58. The van der Waals surface area contributed by atoms with Gasteiger partial charge in [-0.2, -0.15) is 0 Å². The number of halogens is 2. The molecule has 2 saturated heterocycles. The Morgan fingerprint density at radius 3 is 1.38 bits per heavy atom. The Hall–Kier alpha value is -7.88. The van der Waals surface area contributed by atoms with Crippen molar-refractivity contribution in [3.63, 3.8) is 0 Å². The van der Waals surface area contributed by atoms with Crippen LogP contribution in [0.25, 0.3) is 0 Å². The summed E-state index contributed by atoms with van der Waals surface area (Å²) in [4.78, 5) is 94.5. The number of nitrogens with two attached hydrogens (primary N) is 2. The zero-order valence-electron chi connectivity index (χ0n) is 49.9. The van der Waals surface area contributed by atoms with Gasteiger partial charge in [-0.25, -0.2) is 28.9 Å². The van der Waals surface area contributed by atoms with Crippen LogP contribution in [0.2, 0.25) is 10.0 Å². The molecule has 0 aliphatic carbocycles. The molecule has 2 fully saturated rings. The molecular weight excluding hydrogens is 1180 g/mol. The van der Waals surface area contributed by atoms with Crippen LogP contribution in [0.5, 0.6) is 0 Å². The Labute approximate surface area is 518 Å². The van der Waals surface area contributed by atoms with E-state index in [1.165, 1.54) is 28.1 Å². The third kappa shape index (κ3) is 15.3. The summed E-state index contributed by atoms with van der Waals surface area (Å²) < 4.78 is 38.3. The molecule has 1 unspecified atom stereocenters. The number of nitrogens with one attached hydrogen (secondary N) is 2. The fourth-order valence-electron chi connectivity index (χ4n) is 11.1. The summed E-state index contributed by atoms with van der Waals surface area (Å²) in [7, 11) is 2.58. The van der Waals surface area contributed by atoms with E-state index in [9.17, 15) is 28.8 Å². The van der Waals surface area contributed by atoms with E-state index in [0.29, 0.717) is 73.3 Å². The van der Waals surface area contributed by atoms with E-state index in [4.69, 9.17) is 73.1 Å². The van der Waals surface area contributed by atoms with Gasteiger partial charge in [0.1, 0.15) is 48.8 Å². The first-order valence-electron chi connectivity index (χ1n) is 29.1. The first-order chi connectivity index (χ1) is 42.2. The number of nitrogens with zero attached hydrogens (tertiary/aromatic N) is 10. The number of esters is 2. The largest absolute Gasteiger partial charge is 0.476 e. The van der Waals surface area contributed by atoms with Crippen molar-refractivity contribution in [1.82, 2.24) is 50.4 Å². The maximum Gasteiger partial charge on any atom is 0.337 e. The van der Waals surface area contributed by atoms with E-state index in [1.54, 1.807) is 81.8 Å². The third-order valence-corrected chi connectivity index (χ3v) is 16.3. The Kier molecular flexibility index (Phi) is 20.9. The summed E-state index contributed by atoms with van der Waals surface area (Å²) in [5, 5.41) is 23.8. The van der Waals surface area contributed by atoms with Crippen LogP contribution in [0.3, 0.4) is 0 Å². The van der Waals surface area contributed by atoms with Gasteiger partial charge in [-0.15, -0.1) is 10.2 Å². The quantitative estimate of drug-likeness (QED) is 0.0578. The average molecular weight is 1250 g/mol. The molecule has 0 spiro atoms. The SMILES string of the molecule is COC(=O)[C@@]1(Cc2cccc(Cl)c2)COC([C@@H]2CCCN2C(=O)C(NC(=O)[C@H](C)N)[C@@H](C)OCc2cn(Cc3ccc(Cn4cc(CO[C@H](C)[C@H](NC(=O)[C@H](C)N)C(=O)N5CCC[C@H]5C5=N[C@@](Cc6cccc(Cl)c6)(C(=O)OC)CO5)nn4)cc3)nn2)=N1. The van der Waals surface area contributed by atoms with Gasteiger partial charge in [-0.1, -0.05) is 82.2 Å². The molecular formula is C60H74Cl2N14O12. The van der Waals surface area contributed by atoms with Gasteiger partial charge in [-0.05, 0) is 99.9 Å². The van der Waals surface area contributed by atoms with Crippen LogP contribution in [0.1, 0.15) is 87.0 Å². The van der Waals surface area contributed by atoms with Gasteiger partial charge in [0, 0.05) is 36.0 Å². The molecule has 88 heavy (non-hydrogen) atoms. The minimum absolute atomic E-state index is 0.0327. The van der Waals surface area contributed by atoms with E-state index in [1.807, 2.05) is 36.4 Å². The number of carbonyl (C=O) groups excluding carboxylic acids is 6. The predicted octanol–water partition coefficient (Wildman–Crippen LogP) is 2.90. The van der Waals surface area contributed by atoms with Gasteiger partial charge in [0.25, 0.3) is 0 Å². The maximum absolute atomic E-state index is 14.5. The van der Waals surface area contributed by atoms with Crippen LogP contribution in [0.4, 0.5) is 0 Å². The first kappa shape index (κ1) is 64.6. The molecule has 0 radical (unpaired) electrons. The fourth-order valence-corrected chi connectivity index (χ4v) is 11.6. The summed E-state index contributed by atoms with van der Waals surface area (Å²) in [5.41, 5.74) is 13.5. The molecule has 28 heteroatoms. The van der Waals surface area contributed by atoms with E-state index < -0.39 is 95.1 Å². The number of likely N-dealkylation sites (tertiary alicyclic amines) is 2. The van der Waals surface area contributed by atoms with Crippen LogP contribution in [0, 0.1) is 0 Å². The normalized spacial score (nSPS) is 21.9. The van der Waals surface area contributed by atoms with Crippen LogP contribution >= 0.6 is 23.2 Å². The number of hydrogen-bond donors (Lipinski definition) is 4. The van der Waals surface area contributed by atoms with Gasteiger partial charge in [0.05, 0.1) is 77.2 Å². The second-order valence-electron chi connectivity index (χ2n) is 22.7. The van der Waals surface area contributed by atoms with Crippen molar-refractivity contribution < 1.29 is 57.2 Å². The maximum atomic E-state index is 14.5. The Morgan fingerprint density at radius 2 is 1.01 bits per heavy atom. The molecule has 9 rings (SSSR count). The van der Waals surface area contributed by atoms with Gasteiger partial charge in [0.2, 0.25) is 35.4 Å². The van der Waals surface area contributed by atoms with Crippen LogP contribution in [-0.4, -0.2) is 187 Å². The molecule has 0 saturated carbocycles. The minimum Gasteiger partial charge on any atom is -0.476 e. The number of amides is 4. The van der Waals surface area contributed by atoms with Crippen molar-refractivity contribution in [2.24, 2.45) is 21.5 Å². The summed E-state index contributed by atoms with van der Waals surface area (Å²) in [5.74, 6) is -2.66. The minimum atomic E-state index is -1.39. The van der Waals surface area contributed by atoms with Crippen molar-refractivity contribution in [1.29, 1.82) is 0 Å². The topological polar surface area (TPSA) is 327 Å². The highest BCUT2D eigenvalue weighted by atomic mass is 35.5. The summed E-state index contributed by atoms with van der Waals surface area (Å²) >= 11 is 12.5. The van der Waals surface area contributed by atoms with Crippen LogP contribution in [0.15, 0.2) is 95.2 Å². The zero-order valence-corrected chi connectivity index (χ0v) is 51.4. The first-order valence-corrected chi connectivity index (χ1v) is 29.8. The van der Waals surface area contributed by atoms with Crippen LogP contribution < -0.4 is 22.1 Å². The van der Waals surface area contributed by atoms with Crippen molar-refractivity contribution in [2.45, 2.75) is 152 Å². The van der Waals surface area contributed by atoms with Gasteiger partial charge >= 0.3 is 11.9 Å². The van der Waals surface area contributed by atoms with Crippen molar-refractivity contribution in [3.05, 3.63) is 129 Å². The van der Waals surface area contributed by atoms with Crippen molar-refractivity contribution in [2.75, 3.05) is 40.5 Å². The number of aromatic nitrogens is 6. The van der Waals surface area contributed by atoms with Gasteiger partial charge < -0.3 is 60.3 Å². The highest BCUT2D eigenvalue weighted by molar-refractivity contribution is 6.31. The van der Waals surface area contributed by atoms with Crippen molar-refractivity contribution >= 4 is 70.6 Å². The second kappa shape index (κ2) is 28.5. The second-order valence-corrected chi connectivity index (χ2v) is 23.6. The zero-order chi connectivity index (χ0) is 62.9. The molecule has 0 bridgehead atoms. The molecule has 470 valence electrons. The number of carbonyl (C=O) groups is 6. The number of methoxy groups -OCH3 is 2. The van der Waals surface area contributed by atoms with E-state index in [-0.39, 0.29) is 51.1 Å². The summed E-state index contributed by atoms with van der Waals surface area (Å²) in [6, 6.07) is 16.7. The predicted molar refractivity (Wildman–Crippen MR) is 320 cm³/mol. The Bertz CT molecular complexity index is 3180. The third-order valence-electron chi connectivity index (χ3n) is 15.9. The number of benzene rings is 3. The Balaban J connectivity index is 0.779. The lowest BCUT2D eigenvalue weighted by molar-refractivity contribution is -0.148. The lowest BCUT2D eigenvalue weighted by Gasteiger charge is -2.32. The fraction of sp³-hybridized carbons (Fsp3) is 0.500. The smallest absolute Gasteiger partial charge is 0.337 e. The molecule has 2 aromatic heterocycles. The molecule has 4 aliphatic rings. The Morgan fingerprint density at radius 1 is 0.614 bits per heavy atom. The van der Waals surface area contributed by atoms with E-state index in [2.05, 4.69) is 31.3 Å². The van der Waals surface area contributed by atoms with Gasteiger partial charge in [-0.3, -0.25) is 19.2 Å². The molecule has 6 heterocycles. The van der Waals surface area contributed by atoms with Crippen molar-refractivity contribution in [3.8, 4) is 0 Å². The van der Waals surface area contributed by atoms with E-state index in [0.717, 1.165) is 22.3 Å². The molecule has 4 amide bonds. The number of hydrogen-bond acceptors (Lipinski definition) is 20. The molecule has 4 aliphatic heterocycles. The highest BCUT2D eigenvalue weighted by Crippen LogP contribution is 2.34. The lowest BCUT2D eigenvalue weighted by atomic mass is 9.92. The summed E-state index contributed by atoms with van der Waals surface area (Å²) in [6.07, 6.45) is 4.35. The standard InChI is InChI=1S/C60H74Cl2N14O12/c1-35(63)51(77)65-49(55(79)75-21-9-15-47(75)53-67-59(33-87-53,57(81)83-5)25-41-11-7-13-43(61)23-41)37(3)85-31-45-29-73(71-69-45)27-39-17-19-40(20-18-39)28-74-30-46(70-72-74)32-86-38(4)50(66-52(78)36(2)64)56(80)76-22-10-16-48(76)54-68-60(34-88-54,58(82)84-6)26-42-12-8-14-44(62)24-42/h7-8,11-14,17-20,23-24,29-30,35-38,47-50H,9-10,15-16,21-22,25-28,31-34,63-64H2,1-6H3,(H,65,77)(H,66,78)/t35-,36-,37+,38+,47-,48-,49-,50?,59+,60+/m0/s1. The molecule has 26 nitrogen and oxygen atoms in total. The molecule has 10 atom stereocenters. The van der Waals surface area contributed by atoms with Crippen LogP contribution in [-0.2, 0) is 96.3 Å². The molecule has 3 aromatic carbocycles. The number of rotatable bonds is 26. The molecule has 6 N–H and O–H groups in total. The average Bonchev–Trinajstić information content (AvgIpc) is 3.03. The summed E-state index contributed by atoms with van der Waals surface area (Å²) in [6.45, 7) is 7.60.